The van der Waals surface area contributed by atoms with Gasteiger partial charge in [-0.1, -0.05) is 6.07 Å². The third-order valence-electron chi connectivity index (χ3n) is 2.52. The summed E-state index contributed by atoms with van der Waals surface area (Å²) >= 11 is 2.99. The van der Waals surface area contributed by atoms with E-state index in [1.54, 1.807) is 18.5 Å². The summed E-state index contributed by atoms with van der Waals surface area (Å²) < 4.78 is 37.2. The van der Waals surface area contributed by atoms with Crippen molar-refractivity contribution in [1.29, 1.82) is 0 Å². The maximum Gasteiger partial charge on any atom is 0.408 e. The highest BCUT2D eigenvalue weighted by atomic mass is 79.9. The Bertz CT molecular complexity index is 672. The molecule has 0 spiro atoms. The highest BCUT2D eigenvalue weighted by Crippen LogP contribution is 2.19. The summed E-state index contributed by atoms with van der Waals surface area (Å²) in [5, 5.41) is 6.43. The Balaban J connectivity index is 2.15. The fourth-order valence-corrected chi connectivity index (χ4v) is 2.02. The van der Waals surface area contributed by atoms with Gasteiger partial charge in [-0.2, -0.15) is 18.3 Å². The minimum Gasteiger partial charge on any atom is -0.379 e. The summed E-state index contributed by atoms with van der Waals surface area (Å²) in [6.45, 7) is -1.05. The van der Waals surface area contributed by atoms with Crippen LogP contribution in [-0.2, 0) is 13.1 Å². The van der Waals surface area contributed by atoms with Gasteiger partial charge in [0.25, 0.3) is 5.56 Å². The van der Waals surface area contributed by atoms with E-state index in [1.807, 2.05) is 6.07 Å². The monoisotopic (exact) mass is 362 g/mol. The molecule has 0 radical (unpaired) electrons. The SMILES string of the molecule is O=c1c(Br)c(NCc2cccnc2)cnn1CC(F)(F)F. The number of alkyl halides is 3. The van der Waals surface area contributed by atoms with Crippen LogP contribution in [0.1, 0.15) is 5.56 Å². The predicted molar refractivity (Wildman–Crippen MR) is 73.8 cm³/mol. The lowest BCUT2D eigenvalue weighted by atomic mass is 10.3. The fourth-order valence-electron chi connectivity index (χ4n) is 1.57. The number of rotatable bonds is 4. The van der Waals surface area contributed by atoms with E-state index in [9.17, 15) is 18.0 Å². The summed E-state index contributed by atoms with van der Waals surface area (Å²) in [6, 6.07) is 3.58. The normalized spacial score (nSPS) is 11.4. The smallest absolute Gasteiger partial charge is 0.379 e. The van der Waals surface area contributed by atoms with Crippen molar-refractivity contribution in [2.24, 2.45) is 0 Å². The highest BCUT2D eigenvalue weighted by molar-refractivity contribution is 9.10. The van der Waals surface area contributed by atoms with Gasteiger partial charge in [0, 0.05) is 18.9 Å². The van der Waals surface area contributed by atoms with E-state index in [0.29, 0.717) is 16.9 Å². The Labute approximate surface area is 125 Å². The van der Waals surface area contributed by atoms with Crippen molar-refractivity contribution >= 4 is 21.6 Å². The lowest BCUT2D eigenvalue weighted by molar-refractivity contribution is -0.143. The molecule has 0 bridgehead atoms. The van der Waals surface area contributed by atoms with Crippen molar-refractivity contribution in [1.82, 2.24) is 14.8 Å². The van der Waals surface area contributed by atoms with Gasteiger partial charge >= 0.3 is 6.18 Å². The number of nitrogens with one attached hydrogen (secondary N) is 1. The number of hydrogen-bond donors (Lipinski definition) is 1. The van der Waals surface area contributed by atoms with Gasteiger partial charge in [0.1, 0.15) is 11.0 Å². The van der Waals surface area contributed by atoms with Gasteiger partial charge in [-0.05, 0) is 27.6 Å². The second kappa shape index (κ2) is 6.25. The molecule has 9 heteroatoms. The predicted octanol–water partition coefficient (Wildman–Crippen LogP) is 2.58. The van der Waals surface area contributed by atoms with E-state index >= 15 is 0 Å². The molecule has 21 heavy (non-hydrogen) atoms. The molecule has 0 saturated carbocycles. The van der Waals surface area contributed by atoms with Crippen molar-refractivity contribution in [2.75, 3.05) is 5.32 Å². The Kier molecular flexibility index (Phi) is 4.61. The second-order valence-corrected chi connectivity index (χ2v) is 4.96. The first-order valence-electron chi connectivity index (χ1n) is 5.82. The van der Waals surface area contributed by atoms with Gasteiger partial charge in [-0.25, -0.2) is 4.68 Å². The van der Waals surface area contributed by atoms with Crippen LogP contribution in [0.3, 0.4) is 0 Å². The molecule has 2 rings (SSSR count). The molecule has 0 unspecified atom stereocenters. The molecule has 1 N–H and O–H groups in total. The Morgan fingerprint density at radius 2 is 2.10 bits per heavy atom. The van der Waals surface area contributed by atoms with Gasteiger partial charge in [-0.15, -0.1) is 0 Å². The van der Waals surface area contributed by atoms with Crippen LogP contribution in [0.5, 0.6) is 0 Å². The Morgan fingerprint density at radius 3 is 2.71 bits per heavy atom. The lowest BCUT2D eigenvalue weighted by Crippen LogP contribution is -2.31. The summed E-state index contributed by atoms with van der Waals surface area (Å²) in [5.41, 5.74) is 0.342. The van der Waals surface area contributed by atoms with Crippen molar-refractivity contribution in [3.05, 3.63) is 51.1 Å². The van der Waals surface area contributed by atoms with E-state index in [1.165, 1.54) is 6.20 Å². The summed E-state index contributed by atoms with van der Waals surface area (Å²) in [7, 11) is 0. The number of hydrogen-bond acceptors (Lipinski definition) is 4. The molecule has 0 atom stereocenters. The molecule has 0 aromatic carbocycles. The molecule has 0 amide bonds. The third kappa shape index (κ3) is 4.28. The van der Waals surface area contributed by atoms with Gasteiger partial charge in [-0.3, -0.25) is 9.78 Å². The maximum atomic E-state index is 12.3. The average molecular weight is 363 g/mol. The van der Waals surface area contributed by atoms with Gasteiger partial charge in [0.15, 0.2) is 0 Å². The minimum absolute atomic E-state index is 0.00522. The largest absolute Gasteiger partial charge is 0.408 e. The van der Waals surface area contributed by atoms with Gasteiger partial charge < -0.3 is 5.32 Å². The number of nitrogens with zero attached hydrogens (tertiary/aromatic N) is 3. The summed E-state index contributed by atoms with van der Waals surface area (Å²) in [6.07, 6.45) is -0.0625. The zero-order valence-electron chi connectivity index (χ0n) is 10.6. The quantitative estimate of drug-likeness (QED) is 0.907. The van der Waals surface area contributed by atoms with Crippen LogP contribution in [0.2, 0.25) is 0 Å². The fraction of sp³-hybridized carbons (Fsp3) is 0.250. The Hall–Kier alpha value is -1.90. The van der Waals surface area contributed by atoms with Gasteiger partial charge in [0.05, 0.1) is 11.9 Å². The van der Waals surface area contributed by atoms with E-state index in [-0.39, 0.29) is 4.47 Å². The molecule has 5 nitrogen and oxygen atoms in total. The van der Waals surface area contributed by atoms with Gasteiger partial charge in [0.2, 0.25) is 0 Å². The molecule has 2 heterocycles. The van der Waals surface area contributed by atoms with E-state index in [2.05, 4.69) is 31.3 Å². The lowest BCUT2D eigenvalue weighted by Gasteiger charge is -2.11. The van der Waals surface area contributed by atoms with Crippen molar-refractivity contribution < 1.29 is 13.2 Å². The van der Waals surface area contributed by atoms with E-state index in [4.69, 9.17) is 0 Å². The molecule has 0 saturated heterocycles. The molecular weight excluding hydrogens is 353 g/mol. The van der Waals surface area contributed by atoms with Crippen LogP contribution in [0.25, 0.3) is 0 Å². The molecule has 112 valence electrons. The number of halogens is 4. The van der Waals surface area contributed by atoms with E-state index < -0.39 is 18.3 Å². The molecule has 0 aliphatic carbocycles. The number of anilines is 1. The molecule has 2 aromatic heterocycles. The third-order valence-corrected chi connectivity index (χ3v) is 3.29. The molecule has 0 aliphatic rings. The standard InChI is InChI=1S/C12H10BrF3N4O/c13-10-9(18-5-8-2-1-3-17-4-8)6-19-20(11(10)21)7-12(14,15)16/h1-4,6,18H,5,7H2. The molecule has 0 fully saturated rings. The second-order valence-electron chi connectivity index (χ2n) is 4.17. The topological polar surface area (TPSA) is 59.8 Å². The zero-order valence-corrected chi connectivity index (χ0v) is 12.1. The molecule has 0 aliphatic heterocycles. The van der Waals surface area contributed by atoms with Crippen LogP contribution >= 0.6 is 15.9 Å². The first kappa shape index (κ1) is 15.5. The minimum atomic E-state index is -4.50. The highest BCUT2D eigenvalue weighted by Gasteiger charge is 2.29. The number of pyridine rings is 1. The summed E-state index contributed by atoms with van der Waals surface area (Å²) in [4.78, 5) is 15.7. The van der Waals surface area contributed by atoms with Crippen molar-refractivity contribution in [3.63, 3.8) is 0 Å². The van der Waals surface area contributed by atoms with Crippen LogP contribution in [-0.4, -0.2) is 20.9 Å². The molecular formula is C12H10BrF3N4O. The maximum absolute atomic E-state index is 12.3. The molecule has 2 aromatic rings. The van der Waals surface area contributed by atoms with Crippen LogP contribution in [0, 0.1) is 0 Å². The Morgan fingerprint density at radius 1 is 1.33 bits per heavy atom. The summed E-state index contributed by atoms with van der Waals surface area (Å²) in [5.74, 6) is 0. The van der Waals surface area contributed by atoms with Crippen LogP contribution in [0.4, 0.5) is 18.9 Å². The average Bonchev–Trinajstić information content (AvgIpc) is 2.43. The van der Waals surface area contributed by atoms with Crippen molar-refractivity contribution in [2.45, 2.75) is 19.3 Å². The number of aromatic nitrogens is 3. The van der Waals surface area contributed by atoms with E-state index in [0.717, 1.165) is 5.56 Å². The van der Waals surface area contributed by atoms with Crippen LogP contribution < -0.4 is 10.9 Å². The van der Waals surface area contributed by atoms with Crippen LogP contribution in [0.15, 0.2) is 40.0 Å². The van der Waals surface area contributed by atoms with Crippen molar-refractivity contribution in [3.8, 4) is 0 Å². The first-order chi connectivity index (χ1) is 9.87. The zero-order chi connectivity index (χ0) is 15.5. The first-order valence-corrected chi connectivity index (χ1v) is 6.61.